The van der Waals surface area contributed by atoms with Crippen molar-refractivity contribution in [3.63, 3.8) is 0 Å². The highest BCUT2D eigenvalue weighted by Gasteiger charge is 2.16. The molecule has 0 spiro atoms. The van der Waals surface area contributed by atoms with Crippen molar-refractivity contribution in [2.45, 2.75) is 44.6 Å². The average molecular weight is 414 g/mol. The summed E-state index contributed by atoms with van der Waals surface area (Å²) >= 11 is 0. The Labute approximate surface area is 173 Å². The second-order valence-electron chi connectivity index (χ2n) is 7.36. The van der Waals surface area contributed by atoms with Crippen LogP contribution in [0.3, 0.4) is 0 Å². The highest BCUT2D eigenvalue weighted by Crippen LogP contribution is 2.17. The lowest BCUT2D eigenvalue weighted by atomic mass is 10.00. The maximum atomic E-state index is 12.5. The van der Waals surface area contributed by atoms with Crippen molar-refractivity contribution in [3.8, 4) is 6.07 Å². The zero-order valence-electron chi connectivity index (χ0n) is 17.0. The molecule has 0 unspecified atom stereocenters. The van der Waals surface area contributed by atoms with Crippen molar-refractivity contribution < 1.29 is 13.2 Å². The predicted molar refractivity (Wildman–Crippen MR) is 113 cm³/mol. The molecule has 0 fully saturated rings. The molecule has 0 aliphatic carbocycles. The molecule has 0 saturated heterocycles. The van der Waals surface area contributed by atoms with E-state index in [1.807, 2.05) is 25.1 Å². The van der Waals surface area contributed by atoms with Gasteiger partial charge < -0.3 is 5.32 Å². The molecule has 29 heavy (non-hydrogen) atoms. The van der Waals surface area contributed by atoms with Crippen LogP contribution in [-0.4, -0.2) is 20.9 Å². The van der Waals surface area contributed by atoms with Gasteiger partial charge in [0.05, 0.1) is 17.0 Å². The quantitative estimate of drug-likeness (QED) is 0.614. The van der Waals surface area contributed by atoms with E-state index in [9.17, 15) is 13.2 Å². The fourth-order valence-electron chi connectivity index (χ4n) is 2.89. The third-order valence-electron chi connectivity index (χ3n) is 4.43. The summed E-state index contributed by atoms with van der Waals surface area (Å²) < 4.78 is 26.6. The molecule has 0 bridgehead atoms. The number of amides is 1. The van der Waals surface area contributed by atoms with Gasteiger partial charge in [0, 0.05) is 18.5 Å². The van der Waals surface area contributed by atoms with Gasteiger partial charge in [-0.1, -0.05) is 38.1 Å². The number of nitriles is 1. The number of carbonyl (C=O) groups excluding carboxylic acids is 1. The van der Waals surface area contributed by atoms with Crippen LogP contribution in [-0.2, 0) is 16.4 Å². The van der Waals surface area contributed by atoms with Crippen LogP contribution in [0.1, 0.15) is 54.7 Å². The molecule has 1 atom stereocenters. The van der Waals surface area contributed by atoms with Crippen molar-refractivity contribution >= 4 is 15.9 Å². The van der Waals surface area contributed by atoms with Gasteiger partial charge in [0.15, 0.2) is 0 Å². The smallest absolute Gasteiger partial charge is 0.251 e. The molecule has 2 N–H and O–H groups in total. The summed E-state index contributed by atoms with van der Waals surface area (Å²) in [6, 6.07) is 15.6. The largest absolute Gasteiger partial charge is 0.346 e. The highest BCUT2D eigenvalue weighted by atomic mass is 32.2. The van der Waals surface area contributed by atoms with E-state index in [-0.39, 0.29) is 29.8 Å². The minimum absolute atomic E-state index is 0.0501. The first kappa shape index (κ1) is 22.6. The summed E-state index contributed by atoms with van der Waals surface area (Å²) in [4.78, 5) is 12.6. The molecular formula is C22H27N3O3S. The molecule has 2 aromatic rings. The van der Waals surface area contributed by atoms with E-state index in [0.29, 0.717) is 11.5 Å². The van der Waals surface area contributed by atoms with Crippen LogP contribution in [0, 0.1) is 17.2 Å². The Morgan fingerprint density at radius 2 is 1.66 bits per heavy atom. The molecule has 0 heterocycles. The third-order valence-corrected chi connectivity index (χ3v) is 5.90. The van der Waals surface area contributed by atoms with Gasteiger partial charge in [-0.05, 0) is 54.7 Å². The van der Waals surface area contributed by atoms with Gasteiger partial charge >= 0.3 is 0 Å². The third kappa shape index (κ3) is 6.70. The van der Waals surface area contributed by atoms with Crippen LogP contribution in [0.15, 0.2) is 53.4 Å². The van der Waals surface area contributed by atoms with Crippen LogP contribution < -0.4 is 10.0 Å². The second kappa shape index (κ2) is 10.2. The van der Waals surface area contributed by atoms with E-state index in [0.717, 1.165) is 12.0 Å². The van der Waals surface area contributed by atoms with Crippen LogP contribution >= 0.6 is 0 Å². The number of nitrogens with zero attached hydrogens (tertiary/aromatic N) is 1. The van der Waals surface area contributed by atoms with Crippen molar-refractivity contribution in [1.82, 2.24) is 10.0 Å². The van der Waals surface area contributed by atoms with Crippen molar-refractivity contribution in [1.29, 1.82) is 5.26 Å². The van der Waals surface area contributed by atoms with Crippen molar-refractivity contribution in [2.75, 3.05) is 6.54 Å². The van der Waals surface area contributed by atoms with Crippen molar-refractivity contribution in [3.05, 3.63) is 65.2 Å². The standard InChI is InChI=1S/C22H27N3O3S/c1-16(2)15-18-5-7-19(8-6-18)17(3)25-22(26)20-9-11-21(12-10-20)29(27,28)24-14-4-13-23/h5-12,16-17,24H,4,14-15H2,1-3H3,(H,25,26)/t17-/m0/s1. The van der Waals surface area contributed by atoms with Crippen LogP contribution in [0.2, 0.25) is 0 Å². The van der Waals surface area contributed by atoms with Gasteiger partial charge in [-0.3, -0.25) is 4.79 Å². The van der Waals surface area contributed by atoms with Gasteiger partial charge in [0.25, 0.3) is 5.91 Å². The summed E-state index contributed by atoms with van der Waals surface area (Å²) in [6.45, 7) is 6.31. The number of rotatable bonds is 9. The maximum Gasteiger partial charge on any atom is 0.251 e. The molecule has 0 aliphatic heterocycles. The molecule has 6 nitrogen and oxygen atoms in total. The zero-order chi connectivity index (χ0) is 21.4. The summed E-state index contributed by atoms with van der Waals surface area (Å²) in [5, 5.41) is 11.4. The Morgan fingerprint density at radius 3 is 2.21 bits per heavy atom. The number of sulfonamides is 1. The van der Waals surface area contributed by atoms with Gasteiger partial charge in [0.2, 0.25) is 10.0 Å². The maximum absolute atomic E-state index is 12.5. The van der Waals surface area contributed by atoms with E-state index in [4.69, 9.17) is 5.26 Å². The first-order chi connectivity index (χ1) is 13.7. The lowest BCUT2D eigenvalue weighted by molar-refractivity contribution is 0.0940. The normalized spacial score (nSPS) is 12.4. The minimum Gasteiger partial charge on any atom is -0.346 e. The topological polar surface area (TPSA) is 99.1 Å². The Morgan fingerprint density at radius 1 is 1.03 bits per heavy atom. The van der Waals surface area contributed by atoms with Crippen LogP contribution in [0.4, 0.5) is 0 Å². The number of hydrogen-bond donors (Lipinski definition) is 2. The number of carbonyl (C=O) groups is 1. The molecule has 0 saturated carbocycles. The Balaban J connectivity index is 2.00. The van der Waals surface area contributed by atoms with E-state index >= 15 is 0 Å². The summed E-state index contributed by atoms with van der Waals surface area (Å²) in [5.41, 5.74) is 2.65. The Kier molecular flexibility index (Phi) is 7.94. The first-order valence-corrected chi connectivity index (χ1v) is 11.1. The van der Waals surface area contributed by atoms with Crippen molar-refractivity contribution in [2.24, 2.45) is 5.92 Å². The SMILES string of the molecule is CC(C)Cc1ccc([C@H](C)NC(=O)c2ccc(S(=O)(=O)NCCC#N)cc2)cc1. The molecule has 7 heteroatoms. The summed E-state index contributed by atoms with van der Waals surface area (Å²) in [6.07, 6.45) is 1.11. The summed E-state index contributed by atoms with van der Waals surface area (Å²) in [7, 11) is -3.69. The lowest BCUT2D eigenvalue weighted by Crippen LogP contribution is -2.27. The predicted octanol–water partition coefficient (Wildman–Crippen LogP) is 3.57. The monoisotopic (exact) mass is 413 g/mol. The number of benzene rings is 2. The second-order valence-corrected chi connectivity index (χ2v) is 9.13. The molecule has 0 aromatic heterocycles. The number of hydrogen-bond acceptors (Lipinski definition) is 4. The Bertz CT molecular complexity index is 960. The zero-order valence-corrected chi connectivity index (χ0v) is 17.8. The molecule has 2 rings (SSSR count). The van der Waals surface area contributed by atoms with Gasteiger partial charge in [0.1, 0.15) is 0 Å². The van der Waals surface area contributed by atoms with Crippen LogP contribution in [0.5, 0.6) is 0 Å². The highest BCUT2D eigenvalue weighted by molar-refractivity contribution is 7.89. The molecular weight excluding hydrogens is 386 g/mol. The molecule has 1 amide bonds. The summed E-state index contributed by atoms with van der Waals surface area (Å²) in [5.74, 6) is 0.316. The van der Waals surface area contributed by atoms with Gasteiger partial charge in [-0.15, -0.1) is 0 Å². The van der Waals surface area contributed by atoms with E-state index in [2.05, 4.69) is 36.0 Å². The fraction of sp³-hybridized carbons (Fsp3) is 0.364. The van der Waals surface area contributed by atoms with E-state index < -0.39 is 10.0 Å². The molecule has 2 aromatic carbocycles. The lowest BCUT2D eigenvalue weighted by Gasteiger charge is -2.15. The molecule has 0 radical (unpaired) electrons. The number of nitrogens with one attached hydrogen (secondary N) is 2. The van der Waals surface area contributed by atoms with Gasteiger partial charge in [-0.2, -0.15) is 5.26 Å². The van der Waals surface area contributed by atoms with E-state index in [1.54, 1.807) is 0 Å². The average Bonchev–Trinajstić information content (AvgIpc) is 2.68. The fourth-order valence-corrected chi connectivity index (χ4v) is 3.92. The Hall–Kier alpha value is -2.69. The van der Waals surface area contributed by atoms with Crippen LogP contribution in [0.25, 0.3) is 0 Å². The van der Waals surface area contributed by atoms with Gasteiger partial charge in [-0.25, -0.2) is 13.1 Å². The molecule has 0 aliphatic rings. The first-order valence-electron chi connectivity index (χ1n) is 9.59. The van der Waals surface area contributed by atoms with E-state index in [1.165, 1.54) is 29.8 Å². The minimum atomic E-state index is -3.69. The molecule has 154 valence electrons.